The molecule has 1 aromatic rings. The lowest BCUT2D eigenvalue weighted by Gasteiger charge is -2.05. The minimum Gasteiger partial charge on any atom is -0.468 e. The van der Waals surface area contributed by atoms with Crippen LogP contribution in [0.3, 0.4) is 0 Å². The van der Waals surface area contributed by atoms with Crippen molar-refractivity contribution in [1.29, 1.82) is 0 Å². The summed E-state index contributed by atoms with van der Waals surface area (Å²) >= 11 is 0. The Morgan fingerprint density at radius 2 is 2.06 bits per heavy atom. The Labute approximate surface area is 102 Å². The summed E-state index contributed by atoms with van der Waals surface area (Å²) < 4.78 is 10.00. The molecule has 0 aliphatic carbocycles. The van der Waals surface area contributed by atoms with Gasteiger partial charge in [-0.2, -0.15) is 0 Å². The lowest BCUT2D eigenvalue weighted by molar-refractivity contribution is -0.139. The molecule has 1 rings (SSSR count). The van der Waals surface area contributed by atoms with Gasteiger partial charge in [0.15, 0.2) is 0 Å². The van der Waals surface area contributed by atoms with E-state index < -0.39 is 0 Å². The molecular weight excluding hydrogens is 218 g/mol. The van der Waals surface area contributed by atoms with Gasteiger partial charge in [0.25, 0.3) is 0 Å². The molecule has 0 heterocycles. The summed E-state index contributed by atoms with van der Waals surface area (Å²) in [4.78, 5) is 10.8. The lowest BCUT2D eigenvalue weighted by Crippen LogP contribution is -2.25. The van der Waals surface area contributed by atoms with Crippen molar-refractivity contribution in [1.82, 2.24) is 5.32 Å². The first kappa shape index (κ1) is 13.7. The predicted molar refractivity (Wildman–Crippen MR) is 65.6 cm³/mol. The number of nitrogens with one attached hydrogen (secondary N) is 1. The summed E-state index contributed by atoms with van der Waals surface area (Å²) in [6.45, 7) is 2.33. The van der Waals surface area contributed by atoms with Gasteiger partial charge >= 0.3 is 5.97 Å². The van der Waals surface area contributed by atoms with Crippen molar-refractivity contribution in [3.63, 3.8) is 0 Å². The van der Waals surface area contributed by atoms with Crippen molar-refractivity contribution in [2.45, 2.75) is 13.0 Å². The maximum Gasteiger partial charge on any atom is 0.319 e. The molecule has 0 fully saturated rings. The van der Waals surface area contributed by atoms with Crippen LogP contribution in [0.4, 0.5) is 0 Å². The van der Waals surface area contributed by atoms with Gasteiger partial charge in [-0.1, -0.05) is 30.3 Å². The lowest BCUT2D eigenvalue weighted by atomic mass is 10.2. The molecule has 4 heteroatoms. The van der Waals surface area contributed by atoms with Crippen LogP contribution < -0.4 is 5.32 Å². The van der Waals surface area contributed by atoms with Gasteiger partial charge in [0.1, 0.15) is 0 Å². The third-order valence-electron chi connectivity index (χ3n) is 2.25. The van der Waals surface area contributed by atoms with Crippen LogP contribution in [0.1, 0.15) is 12.0 Å². The minimum absolute atomic E-state index is 0.241. The van der Waals surface area contributed by atoms with E-state index >= 15 is 0 Å². The molecule has 1 N–H and O–H groups in total. The van der Waals surface area contributed by atoms with Crippen LogP contribution in [0.15, 0.2) is 30.3 Å². The maximum absolute atomic E-state index is 10.8. The van der Waals surface area contributed by atoms with Gasteiger partial charge in [-0.3, -0.25) is 4.79 Å². The molecule has 0 saturated carbocycles. The van der Waals surface area contributed by atoms with Crippen molar-refractivity contribution in [3.05, 3.63) is 35.9 Å². The highest BCUT2D eigenvalue weighted by molar-refractivity contribution is 5.71. The van der Waals surface area contributed by atoms with Gasteiger partial charge in [0, 0.05) is 6.61 Å². The number of ether oxygens (including phenoxy) is 2. The monoisotopic (exact) mass is 237 g/mol. The molecule has 0 unspecified atom stereocenters. The topological polar surface area (TPSA) is 47.6 Å². The van der Waals surface area contributed by atoms with Gasteiger partial charge < -0.3 is 14.8 Å². The fraction of sp³-hybridized carbons (Fsp3) is 0.462. The molecule has 0 saturated heterocycles. The van der Waals surface area contributed by atoms with Crippen LogP contribution in [-0.2, 0) is 20.9 Å². The standard InChI is InChI=1S/C13H19NO3/c1-16-13(15)10-14-8-5-9-17-11-12-6-3-2-4-7-12/h2-4,6-7,14H,5,8-11H2,1H3. The van der Waals surface area contributed by atoms with E-state index in [4.69, 9.17) is 4.74 Å². The molecule has 1 aromatic carbocycles. The third-order valence-corrected chi connectivity index (χ3v) is 2.25. The quantitative estimate of drug-likeness (QED) is 0.548. The second kappa shape index (κ2) is 8.73. The predicted octanol–water partition coefficient (Wildman–Crippen LogP) is 1.36. The molecule has 0 radical (unpaired) electrons. The van der Waals surface area contributed by atoms with E-state index in [1.807, 2.05) is 30.3 Å². The SMILES string of the molecule is COC(=O)CNCCCOCc1ccccc1. The van der Waals surface area contributed by atoms with Gasteiger partial charge in [0.2, 0.25) is 0 Å². The van der Waals surface area contributed by atoms with E-state index in [9.17, 15) is 4.79 Å². The first-order valence-corrected chi connectivity index (χ1v) is 5.72. The Kier molecular flexibility index (Phi) is 7.02. The van der Waals surface area contributed by atoms with E-state index in [1.165, 1.54) is 12.7 Å². The smallest absolute Gasteiger partial charge is 0.319 e. The van der Waals surface area contributed by atoms with Crippen LogP contribution in [0, 0.1) is 0 Å². The highest BCUT2D eigenvalue weighted by Crippen LogP contribution is 2.00. The van der Waals surface area contributed by atoms with Gasteiger partial charge in [-0.15, -0.1) is 0 Å². The number of esters is 1. The van der Waals surface area contributed by atoms with Crippen molar-refractivity contribution < 1.29 is 14.3 Å². The highest BCUT2D eigenvalue weighted by Gasteiger charge is 1.97. The zero-order chi connectivity index (χ0) is 12.3. The Hall–Kier alpha value is -1.39. The fourth-order valence-electron chi connectivity index (χ4n) is 1.33. The molecule has 94 valence electrons. The van der Waals surface area contributed by atoms with Gasteiger partial charge in [-0.25, -0.2) is 0 Å². The minimum atomic E-state index is -0.241. The average Bonchev–Trinajstić information content (AvgIpc) is 2.38. The molecule has 0 atom stereocenters. The molecule has 0 aliphatic rings. The van der Waals surface area contributed by atoms with Crippen molar-refractivity contribution in [3.8, 4) is 0 Å². The van der Waals surface area contributed by atoms with Crippen molar-refractivity contribution in [2.24, 2.45) is 0 Å². The number of carbonyl (C=O) groups is 1. The maximum atomic E-state index is 10.8. The van der Waals surface area contributed by atoms with E-state index in [0.717, 1.165) is 13.0 Å². The highest BCUT2D eigenvalue weighted by atomic mass is 16.5. The van der Waals surface area contributed by atoms with E-state index in [2.05, 4.69) is 10.1 Å². The Morgan fingerprint density at radius 1 is 1.29 bits per heavy atom. The largest absolute Gasteiger partial charge is 0.468 e. The van der Waals surface area contributed by atoms with Crippen LogP contribution >= 0.6 is 0 Å². The van der Waals surface area contributed by atoms with Crippen LogP contribution in [0.5, 0.6) is 0 Å². The summed E-state index contributed by atoms with van der Waals surface area (Å²) in [6, 6.07) is 10.1. The van der Waals surface area contributed by atoms with E-state index in [0.29, 0.717) is 13.2 Å². The molecule has 4 nitrogen and oxygen atoms in total. The molecule has 0 bridgehead atoms. The summed E-state index contributed by atoms with van der Waals surface area (Å²) in [5.74, 6) is -0.241. The van der Waals surface area contributed by atoms with E-state index in [-0.39, 0.29) is 12.5 Å². The first-order chi connectivity index (χ1) is 8.33. The number of benzene rings is 1. The molecule has 17 heavy (non-hydrogen) atoms. The van der Waals surface area contributed by atoms with Crippen LogP contribution in [0.2, 0.25) is 0 Å². The Balaban J connectivity index is 1.93. The normalized spacial score (nSPS) is 10.2. The zero-order valence-electron chi connectivity index (χ0n) is 10.1. The molecule has 0 aliphatic heterocycles. The summed E-state index contributed by atoms with van der Waals surface area (Å²) in [6.07, 6.45) is 0.879. The zero-order valence-corrected chi connectivity index (χ0v) is 10.1. The molecule has 0 amide bonds. The number of carbonyl (C=O) groups excluding carboxylic acids is 1. The number of methoxy groups -OCH3 is 1. The summed E-state index contributed by atoms with van der Waals surface area (Å²) in [5, 5.41) is 2.98. The number of hydrogen-bond donors (Lipinski definition) is 1. The Bertz CT molecular complexity index is 314. The third kappa shape index (κ3) is 6.71. The van der Waals surface area contributed by atoms with Crippen molar-refractivity contribution in [2.75, 3.05) is 26.8 Å². The fourth-order valence-corrected chi connectivity index (χ4v) is 1.33. The number of rotatable bonds is 8. The molecular formula is C13H19NO3. The Morgan fingerprint density at radius 3 is 2.76 bits per heavy atom. The van der Waals surface area contributed by atoms with Crippen LogP contribution in [-0.4, -0.2) is 32.8 Å². The number of hydrogen-bond acceptors (Lipinski definition) is 4. The molecule has 0 spiro atoms. The summed E-state index contributed by atoms with van der Waals surface area (Å²) in [5.41, 5.74) is 1.18. The second-order valence-electron chi connectivity index (χ2n) is 3.64. The second-order valence-corrected chi connectivity index (χ2v) is 3.64. The molecule has 0 aromatic heterocycles. The average molecular weight is 237 g/mol. The van der Waals surface area contributed by atoms with Crippen LogP contribution in [0.25, 0.3) is 0 Å². The van der Waals surface area contributed by atoms with Gasteiger partial charge in [0.05, 0.1) is 20.3 Å². The van der Waals surface area contributed by atoms with Crippen molar-refractivity contribution >= 4 is 5.97 Å². The van der Waals surface area contributed by atoms with Gasteiger partial charge in [-0.05, 0) is 18.5 Å². The first-order valence-electron chi connectivity index (χ1n) is 5.72. The summed E-state index contributed by atoms with van der Waals surface area (Å²) in [7, 11) is 1.38. The van der Waals surface area contributed by atoms with E-state index in [1.54, 1.807) is 0 Å².